The van der Waals surface area contributed by atoms with Crippen LogP contribution in [0.5, 0.6) is 5.75 Å². The largest absolute Gasteiger partial charge is 0.490 e. The molecule has 0 aliphatic heterocycles. The molecule has 1 aromatic carbocycles. The maximum Gasteiger partial charge on any atom is 0.261 e. The molecule has 7 heteroatoms. The van der Waals surface area contributed by atoms with Gasteiger partial charge >= 0.3 is 0 Å². The number of halogens is 2. The van der Waals surface area contributed by atoms with E-state index < -0.39 is 14.9 Å². The van der Waals surface area contributed by atoms with Crippen molar-refractivity contribution in [2.45, 2.75) is 30.8 Å². The molecule has 0 heterocycles. The predicted octanol–water partition coefficient (Wildman–Crippen LogP) is 2.95. The summed E-state index contributed by atoms with van der Waals surface area (Å²) in [5.41, 5.74) is -0.365. The van der Waals surface area contributed by atoms with Gasteiger partial charge in [-0.3, -0.25) is 0 Å². The van der Waals surface area contributed by atoms with Gasteiger partial charge in [0.05, 0.1) is 17.1 Å². The zero-order valence-corrected chi connectivity index (χ0v) is 12.5. The third-order valence-corrected chi connectivity index (χ3v) is 4.05. The van der Waals surface area contributed by atoms with Gasteiger partial charge < -0.3 is 9.47 Å². The molecule has 0 spiro atoms. The zero-order valence-electron chi connectivity index (χ0n) is 10.9. The number of ether oxygens (including phenoxy) is 2. The van der Waals surface area contributed by atoms with Gasteiger partial charge in [-0.2, -0.15) is 0 Å². The van der Waals surface area contributed by atoms with Gasteiger partial charge in [0.15, 0.2) is 11.6 Å². The maximum absolute atomic E-state index is 13.6. The van der Waals surface area contributed by atoms with Crippen molar-refractivity contribution in [1.82, 2.24) is 0 Å². The van der Waals surface area contributed by atoms with Crippen LogP contribution in [0.15, 0.2) is 23.1 Å². The van der Waals surface area contributed by atoms with Crippen molar-refractivity contribution in [1.29, 1.82) is 0 Å². The fraction of sp³-hybridized carbons (Fsp3) is 0.500. The van der Waals surface area contributed by atoms with Crippen LogP contribution in [0, 0.1) is 5.82 Å². The van der Waals surface area contributed by atoms with Gasteiger partial charge in [-0.15, -0.1) is 0 Å². The van der Waals surface area contributed by atoms with Crippen molar-refractivity contribution in [3.05, 3.63) is 24.0 Å². The molecule has 0 bridgehead atoms. The minimum Gasteiger partial charge on any atom is -0.490 e. The second-order valence-corrected chi connectivity index (χ2v) is 7.16. The molecule has 0 unspecified atom stereocenters. The normalized spacial score (nSPS) is 12.5. The SMILES string of the molecule is COC(C)(C)CCOc1ccc(S(=O)(=O)Cl)cc1F. The maximum atomic E-state index is 13.6. The van der Waals surface area contributed by atoms with Crippen molar-refractivity contribution in [3.63, 3.8) is 0 Å². The second kappa shape index (κ2) is 6.07. The van der Waals surface area contributed by atoms with Crippen LogP contribution in [0.3, 0.4) is 0 Å². The lowest BCUT2D eigenvalue weighted by Gasteiger charge is -2.22. The molecule has 0 saturated carbocycles. The zero-order chi connectivity index (χ0) is 14.7. The van der Waals surface area contributed by atoms with E-state index in [0.29, 0.717) is 6.42 Å². The van der Waals surface area contributed by atoms with E-state index in [0.717, 1.165) is 6.07 Å². The highest BCUT2D eigenvalue weighted by atomic mass is 35.7. The molecule has 108 valence electrons. The number of rotatable bonds is 6. The molecular weight excluding hydrogens is 295 g/mol. The summed E-state index contributed by atoms with van der Waals surface area (Å²) < 4.78 is 46.1. The fourth-order valence-electron chi connectivity index (χ4n) is 1.26. The van der Waals surface area contributed by atoms with Crippen LogP contribution in [-0.2, 0) is 13.8 Å². The first-order valence-corrected chi connectivity index (χ1v) is 7.89. The van der Waals surface area contributed by atoms with Crippen LogP contribution in [0.25, 0.3) is 0 Å². The highest BCUT2D eigenvalue weighted by molar-refractivity contribution is 8.13. The van der Waals surface area contributed by atoms with E-state index in [-0.39, 0.29) is 22.9 Å². The van der Waals surface area contributed by atoms with Crippen molar-refractivity contribution < 1.29 is 22.3 Å². The molecule has 19 heavy (non-hydrogen) atoms. The average molecular weight is 311 g/mol. The Bertz CT molecular complexity index is 543. The first kappa shape index (κ1) is 16.2. The Morgan fingerprint density at radius 3 is 2.47 bits per heavy atom. The molecule has 0 fully saturated rings. The summed E-state index contributed by atoms with van der Waals surface area (Å²) in [6.07, 6.45) is 0.568. The van der Waals surface area contributed by atoms with Crippen LogP contribution in [0.1, 0.15) is 20.3 Å². The van der Waals surface area contributed by atoms with Crippen LogP contribution < -0.4 is 4.74 Å². The highest BCUT2D eigenvalue weighted by Crippen LogP contribution is 2.24. The Morgan fingerprint density at radius 2 is 2.00 bits per heavy atom. The first-order valence-electron chi connectivity index (χ1n) is 5.58. The minimum absolute atomic E-state index is 0.0176. The lowest BCUT2D eigenvalue weighted by atomic mass is 10.1. The van der Waals surface area contributed by atoms with E-state index in [1.807, 2.05) is 13.8 Å². The van der Waals surface area contributed by atoms with Crippen LogP contribution >= 0.6 is 10.7 Å². The van der Waals surface area contributed by atoms with Crippen molar-refractivity contribution in [2.75, 3.05) is 13.7 Å². The molecule has 1 aromatic rings. The van der Waals surface area contributed by atoms with Gasteiger partial charge in [0.25, 0.3) is 9.05 Å². The molecule has 0 aliphatic carbocycles. The lowest BCUT2D eigenvalue weighted by Crippen LogP contribution is -2.25. The summed E-state index contributed by atoms with van der Waals surface area (Å²) in [7, 11) is 2.76. The Morgan fingerprint density at radius 1 is 1.37 bits per heavy atom. The Hall–Kier alpha value is -0.850. The number of benzene rings is 1. The molecule has 0 atom stereocenters. The van der Waals surface area contributed by atoms with E-state index in [1.165, 1.54) is 12.1 Å². The van der Waals surface area contributed by atoms with E-state index in [4.69, 9.17) is 20.2 Å². The van der Waals surface area contributed by atoms with Gasteiger partial charge in [0, 0.05) is 24.2 Å². The fourth-order valence-corrected chi connectivity index (χ4v) is 2.02. The van der Waals surface area contributed by atoms with Crippen molar-refractivity contribution in [2.24, 2.45) is 0 Å². The summed E-state index contributed by atoms with van der Waals surface area (Å²) in [6, 6.07) is 3.27. The summed E-state index contributed by atoms with van der Waals surface area (Å²) in [5.74, 6) is -0.784. The quantitative estimate of drug-likeness (QED) is 0.758. The van der Waals surface area contributed by atoms with Crippen molar-refractivity contribution in [3.8, 4) is 5.75 Å². The molecule has 0 aromatic heterocycles. The minimum atomic E-state index is -3.93. The molecule has 0 aliphatic rings. The van der Waals surface area contributed by atoms with Gasteiger partial charge in [0.1, 0.15) is 0 Å². The third-order valence-electron chi connectivity index (χ3n) is 2.70. The molecule has 0 saturated heterocycles. The Balaban J connectivity index is 2.72. The summed E-state index contributed by atoms with van der Waals surface area (Å²) in [6.45, 7) is 4.02. The topological polar surface area (TPSA) is 52.6 Å². The van der Waals surface area contributed by atoms with Gasteiger partial charge in [-0.1, -0.05) is 0 Å². The summed E-state index contributed by atoms with van der Waals surface area (Å²) in [4.78, 5) is -0.295. The number of hydrogen-bond acceptors (Lipinski definition) is 4. The van der Waals surface area contributed by atoms with Crippen molar-refractivity contribution >= 4 is 19.7 Å². The average Bonchev–Trinajstić information content (AvgIpc) is 2.30. The summed E-state index contributed by atoms with van der Waals surface area (Å²) >= 11 is 0. The van der Waals surface area contributed by atoms with Gasteiger partial charge in [0.2, 0.25) is 0 Å². The number of methoxy groups -OCH3 is 1. The predicted molar refractivity (Wildman–Crippen MR) is 70.6 cm³/mol. The van der Waals surface area contributed by atoms with E-state index >= 15 is 0 Å². The summed E-state index contributed by atoms with van der Waals surface area (Å²) in [5, 5.41) is 0. The highest BCUT2D eigenvalue weighted by Gasteiger charge is 2.17. The Kier molecular flexibility index (Phi) is 5.18. The molecule has 1 rings (SSSR count). The lowest BCUT2D eigenvalue weighted by molar-refractivity contribution is 0.00513. The Labute approximate surface area is 116 Å². The van der Waals surface area contributed by atoms with E-state index in [2.05, 4.69) is 0 Å². The third kappa shape index (κ3) is 4.97. The molecular formula is C12H16ClFO4S. The van der Waals surface area contributed by atoms with E-state index in [9.17, 15) is 12.8 Å². The van der Waals surface area contributed by atoms with Crippen LogP contribution in [0.2, 0.25) is 0 Å². The molecule has 0 N–H and O–H groups in total. The standard InChI is InChI=1S/C12H16ClFO4S/c1-12(2,17-3)6-7-18-11-5-4-9(8-10(11)14)19(13,15)16/h4-5,8H,6-7H2,1-3H3. The number of hydrogen-bond donors (Lipinski definition) is 0. The molecule has 4 nitrogen and oxygen atoms in total. The molecule has 0 amide bonds. The monoisotopic (exact) mass is 310 g/mol. The van der Waals surface area contributed by atoms with Gasteiger partial charge in [-0.25, -0.2) is 12.8 Å². The molecule has 0 radical (unpaired) electrons. The smallest absolute Gasteiger partial charge is 0.261 e. The van der Waals surface area contributed by atoms with Gasteiger partial charge in [-0.05, 0) is 32.0 Å². The van der Waals surface area contributed by atoms with E-state index in [1.54, 1.807) is 7.11 Å². The van der Waals surface area contributed by atoms with Crippen LogP contribution in [-0.4, -0.2) is 27.7 Å². The first-order chi connectivity index (χ1) is 8.65. The second-order valence-electron chi connectivity index (χ2n) is 4.59. The van der Waals surface area contributed by atoms with Crippen LogP contribution in [0.4, 0.5) is 4.39 Å².